The van der Waals surface area contributed by atoms with Gasteiger partial charge in [0, 0.05) is 13.0 Å². The summed E-state index contributed by atoms with van der Waals surface area (Å²) in [5, 5.41) is 5.01. The van der Waals surface area contributed by atoms with Crippen molar-refractivity contribution in [3.05, 3.63) is 29.3 Å². The van der Waals surface area contributed by atoms with Gasteiger partial charge in [-0.25, -0.2) is 0 Å². The molecule has 1 saturated heterocycles. The first-order valence-electron chi connectivity index (χ1n) is 6.06. The molecule has 21 heavy (non-hydrogen) atoms. The van der Waals surface area contributed by atoms with Crippen molar-refractivity contribution in [1.82, 2.24) is 10.6 Å². The highest BCUT2D eigenvalue weighted by molar-refractivity contribution is 6.00. The molecule has 0 aliphatic carbocycles. The molecule has 114 valence electrons. The van der Waals surface area contributed by atoms with E-state index in [0.29, 0.717) is 6.07 Å². The summed E-state index contributed by atoms with van der Waals surface area (Å²) in [6.45, 7) is 0.245. The Morgan fingerprint density at radius 2 is 2.10 bits per heavy atom. The number of amides is 2. The largest absolute Gasteiger partial charge is 0.416 e. The van der Waals surface area contributed by atoms with Gasteiger partial charge in [-0.15, -0.1) is 0 Å². The molecule has 0 bridgehead atoms. The Morgan fingerprint density at radius 1 is 1.38 bits per heavy atom. The summed E-state index contributed by atoms with van der Waals surface area (Å²) in [5.41, 5.74) is 1.06. The number of nitrogens with one attached hydrogen (secondary N) is 3. The van der Waals surface area contributed by atoms with Crippen molar-refractivity contribution in [2.75, 3.05) is 12.0 Å². The fourth-order valence-electron chi connectivity index (χ4n) is 2.00. The number of benzene rings is 1. The Hall–Kier alpha value is -2.29. The molecule has 2 rings (SSSR count). The van der Waals surface area contributed by atoms with E-state index in [4.69, 9.17) is 5.84 Å². The van der Waals surface area contributed by atoms with Crippen molar-refractivity contribution < 1.29 is 22.8 Å². The number of nitrogen functional groups attached to an aromatic ring is 1. The van der Waals surface area contributed by atoms with Crippen LogP contribution in [0.3, 0.4) is 0 Å². The van der Waals surface area contributed by atoms with E-state index in [9.17, 15) is 22.8 Å². The van der Waals surface area contributed by atoms with Crippen LogP contribution in [0.1, 0.15) is 22.3 Å². The van der Waals surface area contributed by atoms with Crippen LogP contribution >= 0.6 is 0 Å². The van der Waals surface area contributed by atoms with Crippen LogP contribution in [0, 0.1) is 0 Å². The van der Waals surface area contributed by atoms with E-state index in [1.807, 2.05) is 0 Å². The lowest BCUT2D eigenvalue weighted by Crippen LogP contribution is -2.36. The molecule has 0 saturated carbocycles. The van der Waals surface area contributed by atoms with Gasteiger partial charge in [0.1, 0.15) is 0 Å². The van der Waals surface area contributed by atoms with Crippen LogP contribution in [-0.4, -0.2) is 24.4 Å². The van der Waals surface area contributed by atoms with Gasteiger partial charge in [-0.2, -0.15) is 13.2 Å². The number of carbonyl (C=O) groups excluding carboxylic acids is 2. The number of halogens is 3. The Kier molecular flexibility index (Phi) is 4.03. The normalized spacial score (nSPS) is 18.3. The fourth-order valence-corrected chi connectivity index (χ4v) is 2.00. The summed E-state index contributed by atoms with van der Waals surface area (Å²) in [6, 6.07) is 2.17. The molecular weight excluding hydrogens is 289 g/mol. The maximum Gasteiger partial charge on any atom is 0.416 e. The van der Waals surface area contributed by atoms with Crippen molar-refractivity contribution in [3.8, 4) is 0 Å². The average molecular weight is 302 g/mol. The standard InChI is InChI=1S/C12H13F3N4O2/c13-12(14,15)6-1-2-9(19-16)8(3-6)11(21)18-7-4-10(20)17-5-7/h1-3,7,19H,4-5,16H2,(H,17,20)(H,18,21). The van der Waals surface area contributed by atoms with Gasteiger partial charge in [-0.3, -0.25) is 15.4 Å². The van der Waals surface area contributed by atoms with Crippen LogP contribution in [0.15, 0.2) is 18.2 Å². The maximum atomic E-state index is 12.7. The van der Waals surface area contributed by atoms with Crippen LogP contribution in [0.5, 0.6) is 0 Å². The van der Waals surface area contributed by atoms with E-state index in [0.717, 1.165) is 12.1 Å². The second-order valence-corrected chi connectivity index (χ2v) is 4.58. The number of hydrogen-bond acceptors (Lipinski definition) is 4. The van der Waals surface area contributed by atoms with Crippen molar-refractivity contribution in [2.45, 2.75) is 18.6 Å². The molecule has 0 spiro atoms. The van der Waals surface area contributed by atoms with Crippen molar-refractivity contribution in [1.29, 1.82) is 0 Å². The van der Waals surface area contributed by atoms with Gasteiger partial charge in [0.05, 0.1) is 22.9 Å². The minimum absolute atomic E-state index is 0.0674. The molecule has 1 fully saturated rings. The first kappa shape index (κ1) is 15.1. The summed E-state index contributed by atoms with van der Waals surface area (Å²) >= 11 is 0. The lowest BCUT2D eigenvalue weighted by Gasteiger charge is -2.15. The second-order valence-electron chi connectivity index (χ2n) is 4.58. The zero-order chi connectivity index (χ0) is 15.6. The minimum Gasteiger partial charge on any atom is -0.354 e. The average Bonchev–Trinajstić information content (AvgIpc) is 2.82. The van der Waals surface area contributed by atoms with Gasteiger partial charge in [0.2, 0.25) is 5.91 Å². The van der Waals surface area contributed by atoms with E-state index in [1.165, 1.54) is 0 Å². The molecule has 1 aromatic carbocycles. The summed E-state index contributed by atoms with van der Waals surface area (Å²) < 4.78 is 38.1. The van der Waals surface area contributed by atoms with Crippen LogP contribution in [0.4, 0.5) is 18.9 Å². The third-order valence-electron chi connectivity index (χ3n) is 3.06. The SMILES string of the molecule is NNc1ccc(C(F)(F)F)cc1C(=O)NC1CNC(=O)C1. The van der Waals surface area contributed by atoms with Crippen LogP contribution in [0.2, 0.25) is 0 Å². The highest BCUT2D eigenvalue weighted by Crippen LogP contribution is 2.31. The van der Waals surface area contributed by atoms with E-state index in [1.54, 1.807) is 0 Å². The van der Waals surface area contributed by atoms with Crippen molar-refractivity contribution >= 4 is 17.5 Å². The zero-order valence-corrected chi connectivity index (χ0v) is 10.8. The van der Waals surface area contributed by atoms with Gasteiger partial charge < -0.3 is 16.1 Å². The summed E-state index contributed by atoms with van der Waals surface area (Å²) in [7, 11) is 0. The predicted molar refractivity (Wildman–Crippen MR) is 68.1 cm³/mol. The number of hydrazine groups is 1. The number of rotatable bonds is 3. The van der Waals surface area contributed by atoms with E-state index in [-0.39, 0.29) is 30.1 Å². The molecule has 2 amide bonds. The first-order valence-corrected chi connectivity index (χ1v) is 6.06. The molecule has 1 aliphatic heterocycles. The maximum absolute atomic E-state index is 12.7. The monoisotopic (exact) mass is 302 g/mol. The number of alkyl halides is 3. The van der Waals surface area contributed by atoms with Gasteiger partial charge >= 0.3 is 6.18 Å². The van der Waals surface area contributed by atoms with Crippen LogP contribution < -0.4 is 21.9 Å². The molecule has 6 nitrogen and oxygen atoms in total. The molecule has 1 aliphatic rings. The summed E-state index contributed by atoms with van der Waals surface area (Å²) in [6.07, 6.45) is -4.47. The first-order chi connectivity index (χ1) is 9.81. The molecule has 0 radical (unpaired) electrons. The predicted octanol–water partition coefficient (Wildman–Crippen LogP) is 0.609. The Morgan fingerprint density at radius 3 is 2.62 bits per heavy atom. The van der Waals surface area contributed by atoms with E-state index in [2.05, 4.69) is 16.1 Å². The molecular formula is C12H13F3N4O2. The Balaban J connectivity index is 2.23. The Labute approximate surface area is 117 Å². The number of carbonyl (C=O) groups is 2. The van der Waals surface area contributed by atoms with Crippen molar-refractivity contribution in [3.63, 3.8) is 0 Å². The molecule has 0 aromatic heterocycles. The number of hydrogen-bond donors (Lipinski definition) is 4. The number of nitrogens with two attached hydrogens (primary N) is 1. The second kappa shape index (κ2) is 5.60. The third-order valence-corrected chi connectivity index (χ3v) is 3.06. The van der Waals surface area contributed by atoms with Gasteiger partial charge in [-0.1, -0.05) is 0 Å². The zero-order valence-electron chi connectivity index (χ0n) is 10.8. The van der Waals surface area contributed by atoms with Gasteiger partial charge in [0.25, 0.3) is 5.91 Å². The molecule has 1 aromatic rings. The van der Waals surface area contributed by atoms with E-state index >= 15 is 0 Å². The van der Waals surface area contributed by atoms with Gasteiger partial charge in [-0.05, 0) is 18.2 Å². The highest BCUT2D eigenvalue weighted by atomic mass is 19.4. The highest BCUT2D eigenvalue weighted by Gasteiger charge is 2.32. The topological polar surface area (TPSA) is 96.2 Å². The summed E-state index contributed by atoms with van der Waals surface area (Å²) in [4.78, 5) is 23.1. The quantitative estimate of drug-likeness (QED) is 0.486. The smallest absolute Gasteiger partial charge is 0.354 e. The van der Waals surface area contributed by atoms with Crippen LogP contribution in [0.25, 0.3) is 0 Å². The molecule has 5 N–H and O–H groups in total. The number of anilines is 1. The fraction of sp³-hybridized carbons (Fsp3) is 0.333. The summed E-state index contributed by atoms with van der Waals surface area (Å²) in [5.74, 6) is 4.25. The lowest BCUT2D eigenvalue weighted by molar-refractivity contribution is -0.137. The molecule has 1 atom stereocenters. The molecule has 1 heterocycles. The van der Waals surface area contributed by atoms with E-state index < -0.39 is 23.7 Å². The van der Waals surface area contributed by atoms with Crippen LogP contribution in [-0.2, 0) is 11.0 Å². The molecule has 9 heteroatoms. The lowest BCUT2D eigenvalue weighted by atomic mass is 10.1. The van der Waals surface area contributed by atoms with Crippen molar-refractivity contribution in [2.24, 2.45) is 5.84 Å². The minimum atomic E-state index is -4.56. The third kappa shape index (κ3) is 3.43. The van der Waals surface area contributed by atoms with Gasteiger partial charge in [0.15, 0.2) is 0 Å². The molecule has 1 unspecified atom stereocenters. The Bertz CT molecular complexity index is 574.